The summed E-state index contributed by atoms with van der Waals surface area (Å²) in [7, 11) is -3.57. The van der Waals surface area contributed by atoms with Crippen molar-refractivity contribution in [1.82, 2.24) is 0 Å². The van der Waals surface area contributed by atoms with Crippen molar-refractivity contribution >= 4 is 13.1 Å². The molecular formula is C12H25O4P. The van der Waals surface area contributed by atoms with Crippen LogP contribution in [0.15, 0.2) is 0 Å². The molecule has 0 heterocycles. The molecule has 0 aromatic rings. The highest BCUT2D eigenvalue weighted by atomic mass is 31.2. The molecule has 0 aromatic carbocycles. The van der Waals surface area contributed by atoms with E-state index in [0.29, 0.717) is 6.42 Å². The van der Waals surface area contributed by atoms with Crippen LogP contribution in [0.2, 0.25) is 0 Å². The first-order chi connectivity index (χ1) is 7.81. The van der Waals surface area contributed by atoms with Crippen LogP contribution in [0.1, 0.15) is 47.5 Å². The van der Waals surface area contributed by atoms with Crippen LogP contribution in [0.25, 0.3) is 0 Å². The molecule has 4 nitrogen and oxygen atoms in total. The Kier molecular flexibility index (Phi) is 7.93. The molecule has 5 heteroatoms. The first-order valence-corrected chi connectivity index (χ1v) is 7.78. The summed E-state index contributed by atoms with van der Waals surface area (Å²) in [5, 5.41) is 0. The van der Waals surface area contributed by atoms with E-state index in [9.17, 15) is 9.36 Å². The minimum Gasteiger partial charge on any atom is -0.303 e. The standard InChI is InChI=1S/C12H25O4P/c1-6-7-12(13)17(14,15-8-10(2)3)16-9-11(4)5/h10-11H,6-9H2,1-5H3. The fourth-order valence-electron chi connectivity index (χ4n) is 1.03. The first-order valence-electron chi connectivity index (χ1n) is 6.24. The van der Waals surface area contributed by atoms with Crippen LogP contribution in [0.4, 0.5) is 0 Å². The van der Waals surface area contributed by atoms with E-state index in [4.69, 9.17) is 9.05 Å². The summed E-state index contributed by atoms with van der Waals surface area (Å²) >= 11 is 0. The fourth-order valence-corrected chi connectivity index (χ4v) is 2.88. The third-order valence-electron chi connectivity index (χ3n) is 1.92. The second kappa shape index (κ2) is 8.02. The van der Waals surface area contributed by atoms with Crippen LogP contribution in [0.3, 0.4) is 0 Å². The van der Waals surface area contributed by atoms with Crippen LogP contribution < -0.4 is 0 Å². The van der Waals surface area contributed by atoms with Gasteiger partial charge in [-0.15, -0.1) is 0 Å². The molecule has 0 amide bonds. The van der Waals surface area contributed by atoms with Gasteiger partial charge in [0.25, 0.3) is 0 Å². The second-order valence-corrected chi connectivity index (χ2v) is 7.03. The van der Waals surface area contributed by atoms with Crippen LogP contribution in [0, 0.1) is 11.8 Å². The largest absolute Gasteiger partial charge is 0.396 e. The Morgan fingerprint density at radius 1 is 1.06 bits per heavy atom. The molecular weight excluding hydrogens is 239 g/mol. The Hall–Kier alpha value is -0.180. The number of carbonyl (C=O) groups is 1. The van der Waals surface area contributed by atoms with Gasteiger partial charge in [-0.1, -0.05) is 34.6 Å². The SMILES string of the molecule is CCCC(=O)P(=O)(OCC(C)C)OCC(C)C. The van der Waals surface area contributed by atoms with E-state index >= 15 is 0 Å². The molecule has 0 radical (unpaired) electrons. The van der Waals surface area contributed by atoms with Gasteiger partial charge in [-0.3, -0.25) is 9.36 Å². The monoisotopic (exact) mass is 264 g/mol. The lowest BCUT2D eigenvalue weighted by molar-refractivity contribution is -0.114. The fraction of sp³-hybridized carbons (Fsp3) is 0.917. The van der Waals surface area contributed by atoms with Gasteiger partial charge in [0, 0.05) is 6.42 Å². The summed E-state index contributed by atoms with van der Waals surface area (Å²) in [6, 6.07) is 0. The highest BCUT2D eigenvalue weighted by Gasteiger charge is 2.34. The smallest absolute Gasteiger partial charge is 0.303 e. The van der Waals surface area contributed by atoms with Crippen molar-refractivity contribution in [2.24, 2.45) is 11.8 Å². The van der Waals surface area contributed by atoms with Gasteiger partial charge >= 0.3 is 7.60 Å². The van der Waals surface area contributed by atoms with Crippen molar-refractivity contribution in [2.45, 2.75) is 47.5 Å². The molecule has 0 aliphatic carbocycles. The highest BCUT2D eigenvalue weighted by molar-refractivity contribution is 7.71. The number of hydrogen-bond acceptors (Lipinski definition) is 4. The quantitative estimate of drug-likeness (QED) is 0.593. The van der Waals surface area contributed by atoms with E-state index in [1.807, 2.05) is 34.6 Å². The van der Waals surface area contributed by atoms with Crippen molar-refractivity contribution in [3.8, 4) is 0 Å². The Morgan fingerprint density at radius 2 is 1.47 bits per heavy atom. The van der Waals surface area contributed by atoms with Gasteiger partial charge in [0.1, 0.15) is 0 Å². The van der Waals surface area contributed by atoms with Crippen LogP contribution in [-0.4, -0.2) is 18.7 Å². The zero-order valence-corrected chi connectivity index (χ0v) is 12.5. The molecule has 0 bridgehead atoms. The van der Waals surface area contributed by atoms with Crippen molar-refractivity contribution in [2.75, 3.05) is 13.2 Å². The molecule has 0 spiro atoms. The summed E-state index contributed by atoms with van der Waals surface area (Å²) in [5.41, 5.74) is -0.402. The molecule has 17 heavy (non-hydrogen) atoms. The lowest BCUT2D eigenvalue weighted by Gasteiger charge is -2.19. The molecule has 0 fully saturated rings. The maximum atomic E-state index is 12.3. The van der Waals surface area contributed by atoms with E-state index < -0.39 is 13.1 Å². The number of carbonyl (C=O) groups excluding carboxylic acids is 1. The number of hydrogen-bond donors (Lipinski definition) is 0. The molecule has 0 saturated heterocycles. The predicted molar refractivity (Wildman–Crippen MR) is 69.1 cm³/mol. The highest BCUT2D eigenvalue weighted by Crippen LogP contribution is 2.50. The van der Waals surface area contributed by atoms with E-state index in [0.717, 1.165) is 0 Å². The molecule has 0 saturated carbocycles. The molecule has 0 unspecified atom stereocenters. The maximum absolute atomic E-state index is 12.3. The predicted octanol–water partition coefficient (Wildman–Crippen LogP) is 3.85. The minimum absolute atomic E-state index is 0.223. The van der Waals surface area contributed by atoms with Crippen molar-refractivity contribution < 1.29 is 18.4 Å². The van der Waals surface area contributed by atoms with E-state index in [1.54, 1.807) is 0 Å². The molecule has 0 rings (SSSR count). The Labute approximate surface area is 105 Å². The summed E-state index contributed by atoms with van der Waals surface area (Å²) in [5.74, 6) is 0.445. The zero-order chi connectivity index (χ0) is 13.5. The average Bonchev–Trinajstić information content (AvgIpc) is 2.24. The Balaban J connectivity index is 4.56. The van der Waals surface area contributed by atoms with Crippen LogP contribution in [-0.2, 0) is 18.4 Å². The van der Waals surface area contributed by atoms with E-state index in [-0.39, 0.29) is 31.5 Å². The lowest BCUT2D eigenvalue weighted by atomic mass is 10.2. The average molecular weight is 264 g/mol. The molecule has 0 aliphatic rings. The maximum Gasteiger partial charge on any atom is 0.396 e. The van der Waals surface area contributed by atoms with E-state index in [2.05, 4.69) is 0 Å². The van der Waals surface area contributed by atoms with Gasteiger partial charge in [0.15, 0.2) is 0 Å². The topological polar surface area (TPSA) is 52.6 Å². The summed E-state index contributed by atoms with van der Waals surface area (Å²) in [6.07, 6.45) is 0.895. The third kappa shape index (κ3) is 6.97. The van der Waals surface area contributed by atoms with Gasteiger partial charge in [-0.05, 0) is 18.3 Å². The van der Waals surface area contributed by atoms with Crippen molar-refractivity contribution in [1.29, 1.82) is 0 Å². The first kappa shape index (κ1) is 16.8. The molecule has 102 valence electrons. The molecule has 0 N–H and O–H groups in total. The van der Waals surface area contributed by atoms with Crippen molar-refractivity contribution in [3.63, 3.8) is 0 Å². The van der Waals surface area contributed by atoms with Gasteiger partial charge < -0.3 is 9.05 Å². The summed E-state index contributed by atoms with van der Waals surface area (Å²) in [6.45, 7) is 10.2. The van der Waals surface area contributed by atoms with Gasteiger partial charge in [0.05, 0.1) is 13.2 Å². The normalized spacial score (nSPS) is 12.4. The van der Waals surface area contributed by atoms with Gasteiger partial charge in [0.2, 0.25) is 5.52 Å². The molecule has 0 atom stereocenters. The minimum atomic E-state index is -3.57. The summed E-state index contributed by atoms with van der Waals surface area (Å²) < 4.78 is 22.8. The number of rotatable bonds is 9. The molecule has 0 aromatic heterocycles. The van der Waals surface area contributed by atoms with E-state index in [1.165, 1.54) is 0 Å². The Bertz CT molecular complexity index is 258. The lowest BCUT2D eigenvalue weighted by Crippen LogP contribution is -2.12. The molecule has 0 aliphatic heterocycles. The second-order valence-electron chi connectivity index (χ2n) is 5.02. The third-order valence-corrected chi connectivity index (χ3v) is 3.74. The Morgan fingerprint density at radius 3 is 1.76 bits per heavy atom. The van der Waals surface area contributed by atoms with Crippen LogP contribution in [0.5, 0.6) is 0 Å². The van der Waals surface area contributed by atoms with Gasteiger partial charge in [-0.2, -0.15) is 0 Å². The van der Waals surface area contributed by atoms with Gasteiger partial charge in [-0.25, -0.2) is 0 Å². The van der Waals surface area contributed by atoms with Crippen LogP contribution >= 0.6 is 7.60 Å². The summed E-state index contributed by atoms with van der Waals surface area (Å²) in [4.78, 5) is 11.8. The van der Waals surface area contributed by atoms with Crippen molar-refractivity contribution in [3.05, 3.63) is 0 Å². The zero-order valence-electron chi connectivity index (χ0n) is 11.6.